The van der Waals surface area contributed by atoms with E-state index in [0.29, 0.717) is 36.9 Å². The average Bonchev–Trinajstić information content (AvgIpc) is 3.85. The number of rotatable bonds is 18. The maximum absolute atomic E-state index is 15.2. The van der Waals surface area contributed by atoms with Crippen molar-refractivity contribution >= 4 is 40.2 Å². The number of nitrogens with one attached hydrogen (secondary N) is 1. The highest BCUT2D eigenvalue weighted by atomic mass is 16.6. The van der Waals surface area contributed by atoms with Crippen LogP contribution < -0.4 is 10.2 Å². The van der Waals surface area contributed by atoms with Crippen molar-refractivity contribution in [3.63, 3.8) is 0 Å². The molecule has 3 aromatic rings. The number of aliphatic hydroxyl groups is 1. The molecule has 3 amide bonds. The van der Waals surface area contributed by atoms with Gasteiger partial charge in [0.25, 0.3) is 5.91 Å². The molecule has 9 atom stereocenters. The van der Waals surface area contributed by atoms with E-state index < -0.39 is 59.6 Å². The fraction of sp³-hybridized carbons (Fsp3) is 0.455. The number of methoxy groups -OCH3 is 1. The molecule has 0 unspecified atom stereocenters. The number of aliphatic hydroxyl groups excluding tert-OH is 1. The van der Waals surface area contributed by atoms with Crippen molar-refractivity contribution in [2.75, 3.05) is 31.8 Å². The van der Waals surface area contributed by atoms with Gasteiger partial charge in [-0.15, -0.1) is 13.2 Å². The van der Waals surface area contributed by atoms with E-state index in [0.717, 1.165) is 10.8 Å². The number of nitrogens with zero attached hydrogens (tertiary/aromatic N) is 2. The van der Waals surface area contributed by atoms with Gasteiger partial charge in [-0.05, 0) is 53.6 Å². The molecule has 3 fully saturated rings. The number of anilines is 1. The average molecular weight is 752 g/mol. The third-order valence-corrected chi connectivity index (χ3v) is 11.7. The fourth-order valence-electron chi connectivity index (χ4n) is 8.88. The molecule has 3 aromatic carbocycles. The number of amides is 3. The first-order valence-electron chi connectivity index (χ1n) is 19.3. The van der Waals surface area contributed by atoms with E-state index in [9.17, 15) is 14.7 Å². The van der Waals surface area contributed by atoms with Gasteiger partial charge in [0.05, 0.1) is 43.2 Å². The van der Waals surface area contributed by atoms with Gasteiger partial charge in [-0.3, -0.25) is 19.2 Å². The predicted molar refractivity (Wildman–Crippen MR) is 210 cm³/mol. The first-order chi connectivity index (χ1) is 26.6. The molecule has 0 aromatic heterocycles. The van der Waals surface area contributed by atoms with Gasteiger partial charge in [-0.25, -0.2) is 0 Å². The first-order valence-corrected chi connectivity index (χ1v) is 19.3. The second-order valence-corrected chi connectivity index (χ2v) is 14.9. The molecule has 3 saturated heterocycles. The Balaban J connectivity index is 1.39. The molecule has 3 aliphatic rings. The normalized spacial score (nSPS) is 24.8. The smallest absolute Gasteiger partial charge is 0.313 e. The lowest BCUT2D eigenvalue weighted by molar-refractivity contribution is -0.163. The summed E-state index contributed by atoms with van der Waals surface area (Å²) in [5, 5.41) is 15.8. The Hall–Kier alpha value is -4.84. The van der Waals surface area contributed by atoms with E-state index >= 15 is 9.59 Å². The lowest BCUT2D eigenvalue weighted by atomic mass is 9.70. The van der Waals surface area contributed by atoms with Gasteiger partial charge in [0, 0.05) is 25.8 Å². The van der Waals surface area contributed by atoms with Crippen LogP contribution in [0.4, 0.5) is 5.69 Å². The number of esters is 1. The van der Waals surface area contributed by atoms with Crippen LogP contribution in [0, 0.1) is 17.8 Å². The molecule has 3 aliphatic heterocycles. The van der Waals surface area contributed by atoms with Crippen molar-refractivity contribution in [2.24, 2.45) is 17.8 Å². The number of benzene rings is 3. The molecule has 2 N–H and O–H groups in total. The van der Waals surface area contributed by atoms with Crippen LogP contribution in [0.2, 0.25) is 0 Å². The zero-order chi connectivity index (χ0) is 39.3. The monoisotopic (exact) mass is 751 g/mol. The number of allylic oxidation sites excluding steroid dienone is 1. The van der Waals surface area contributed by atoms with Gasteiger partial charge < -0.3 is 34.4 Å². The molecular formula is C44H53N3O8. The van der Waals surface area contributed by atoms with E-state index in [1.165, 1.54) is 12.0 Å². The lowest BCUT2D eigenvalue weighted by Gasteiger charge is -2.41. The van der Waals surface area contributed by atoms with Crippen LogP contribution >= 0.6 is 0 Å². The third kappa shape index (κ3) is 7.57. The summed E-state index contributed by atoms with van der Waals surface area (Å²) >= 11 is 0. The van der Waals surface area contributed by atoms with E-state index in [-0.39, 0.29) is 43.9 Å². The molecule has 0 aliphatic carbocycles. The van der Waals surface area contributed by atoms with Crippen LogP contribution in [0.25, 0.3) is 10.8 Å². The van der Waals surface area contributed by atoms with Gasteiger partial charge in [0.2, 0.25) is 11.8 Å². The predicted octanol–water partition coefficient (Wildman–Crippen LogP) is 5.52. The molecule has 292 valence electrons. The Morgan fingerprint density at radius 1 is 1.07 bits per heavy atom. The summed E-state index contributed by atoms with van der Waals surface area (Å²) in [5.74, 6) is -3.93. The van der Waals surface area contributed by atoms with Crippen molar-refractivity contribution in [1.29, 1.82) is 0 Å². The summed E-state index contributed by atoms with van der Waals surface area (Å²) < 4.78 is 18.6. The lowest BCUT2D eigenvalue weighted by Crippen LogP contribution is -2.60. The molecular weight excluding hydrogens is 698 g/mol. The summed E-state index contributed by atoms with van der Waals surface area (Å²) in [4.78, 5) is 61.0. The van der Waals surface area contributed by atoms with Crippen molar-refractivity contribution < 1.29 is 38.5 Å². The number of likely N-dealkylation sites (tertiary alicyclic amines) is 1. The highest BCUT2D eigenvalue weighted by Crippen LogP contribution is 2.60. The van der Waals surface area contributed by atoms with Crippen LogP contribution in [-0.2, 0) is 33.4 Å². The summed E-state index contributed by atoms with van der Waals surface area (Å²) in [6.07, 6.45) is 3.79. The second kappa shape index (κ2) is 17.3. The minimum atomic E-state index is -1.34. The van der Waals surface area contributed by atoms with Gasteiger partial charge >= 0.3 is 5.97 Å². The Morgan fingerprint density at radius 2 is 1.80 bits per heavy atom. The van der Waals surface area contributed by atoms with Crippen molar-refractivity contribution in [3.05, 3.63) is 104 Å². The first kappa shape index (κ1) is 39.8. The van der Waals surface area contributed by atoms with E-state index in [4.69, 9.17) is 14.2 Å². The molecule has 11 heteroatoms. The summed E-state index contributed by atoms with van der Waals surface area (Å²) in [6.45, 7) is 11.4. The molecule has 1 spiro atoms. The van der Waals surface area contributed by atoms with Gasteiger partial charge in [-0.2, -0.15) is 0 Å². The summed E-state index contributed by atoms with van der Waals surface area (Å²) in [7, 11) is 1.51. The minimum Gasteiger partial charge on any atom is -0.455 e. The quantitative estimate of drug-likeness (QED) is 0.128. The molecule has 6 rings (SSSR count). The topological polar surface area (TPSA) is 135 Å². The van der Waals surface area contributed by atoms with Crippen LogP contribution in [-0.4, -0.2) is 90.4 Å². The Kier molecular flexibility index (Phi) is 12.5. The van der Waals surface area contributed by atoms with Crippen LogP contribution in [0.1, 0.15) is 57.6 Å². The van der Waals surface area contributed by atoms with Crippen LogP contribution in [0.3, 0.4) is 0 Å². The molecule has 0 saturated carbocycles. The Bertz CT molecular complexity index is 1880. The summed E-state index contributed by atoms with van der Waals surface area (Å²) in [5.41, 5.74) is -0.0681. The zero-order valence-corrected chi connectivity index (χ0v) is 32.0. The number of hydrogen-bond donors (Lipinski definition) is 2. The standard InChI is InChI=1S/C44H53N3O8/c1-6-9-19-36(49)45-33(27-53-5)39(30-16-11-10-12-17-30)54-43(52)37-35-22-23-44(55-35)38(37)41(50)47(34(26-48)28(4)8-3)40(44)42(51)46(24-7-2)32-21-20-29-15-13-14-18-31(29)25-32/h6-7,10-18,20-21,25,28,33-35,37-40,48H,1-2,8-9,19,22-24,26-27H2,3-5H3,(H,45,49)/t28-,33+,34-,35-,37+,38+,39+,40-,44+/m0/s1. The maximum Gasteiger partial charge on any atom is 0.313 e. The van der Waals surface area contributed by atoms with Gasteiger partial charge in [0.1, 0.15) is 17.7 Å². The molecule has 11 nitrogen and oxygen atoms in total. The maximum atomic E-state index is 15.2. The SMILES string of the molecule is C=CCCC(=O)N[C@H](COC)[C@H](OC(=O)[C@@H]1[C@@H]2CC[C@]3(O2)[C@H](C(=O)N(CC=C)c2ccc4ccccc4c2)N([C@@H](CO)[C@@H](C)CC)C(=O)[C@@H]13)c1ccccc1. The molecule has 2 bridgehead atoms. The fourth-order valence-corrected chi connectivity index (χ4v) is 8.88. The Labute approximate surface area is 323 Å². The van der Waals surface area contributed by atoms with Crippen molar-refractivity contribution in [1.82, 2.24) is 10.2 Å². The molecule has 0 radical (unpaired) electrons. The number of fused-ring (bicyclic) bond motifs is 2. The minimum absolute atomic E-state index is 0.0505. The van der Waals surface area contributed by atoms with Gasteiger partial charge in [-0.1, -0.05) is 93.1 Å². The largest absolute Gasteiger partial charge is 0.455 e. The summed E-state index contributed by atoms with van der Waals surface area (Å²) in [6, 6.07) is 20.2. The molecule has 3 heterocycles. The van der Waals surface area contributed by atoms with E-state index in [2.05, 4.69) is 18.5 Å². The highest BCUT2D eigenvalue weighted by Gasteiger charge is 2.76. The van der Waals surface area contributed by atoms with Crippen molar-refractivity contribution in [3.8, 4) is 0 Å². The number of carbonyl (C=O) groups is 4. The zero-order valence-electron chi connectivity index (χ0n) is 32.0. The van der Waals surface area contributed by atoms with Gasteiger partial charge in [0.15, 0.2) is 0 Å². The number of hydrogen-bond acceptors (Lipinski definition) is 8. The third-order valence-electron chi connectivity index (χ3n) is 11.7. The number of ether oxygens (including phenoxy) is 3. The Morgan fingerprint density at radius 3 is 2.47 bits per heavy atom. The van der Waals surface area contributed by atoms with E-state index in [1.807, 2.05) is 86.6 Å². The highest BCUT2D eigenvalue weighted by molar-refractivity contribution is 6.05. The second-order valence-electron chi connectivity index (χ2n) is 14.9. The van der Waals surface area contributed by atoms with Crippen LogP contribution in [0.15, 0.2) is 98.1 Å². The van der Waals surface area contributed by atoms with E-state index in [1.54, 1.807) is 17.1 Å². The van der Waals surface area contributed by atoms with Crippen molar-refractivity contribution in [2.45, 2.75) is 81.9 Å². The van der Waals surface area contributed by atoms with Crippen LogP contribution in [0.5, 0.6) is 0 Å². The molecule has 55 heavy (non-hydrogen) atoms. The number of carbonyl (C=O) groups excluding carboxylic acids is 4.